The predicted octanol–water partition coefficient (Wildman–Crippen LogP) is 2.60. The highest BCUT2D eigenvalue weighted by molar-refractivity contribution is 5.91. The van der Waals surface area contributed by atoms with E-state index in [-0.39, 0.29) is 11.3 Å². The summed E-state index contributed by atoms with van der Waals surface area (Å²) in [6.45, 7) is 14.7. The van der Waals surface area contributed by atoms with E-state index in [0.29, 0.717) is 24.7 Å². The fourth-order valence-corrected chi connectivity index (χ4v) is 3.85. The van der Waals surface area contributed by atoms with E-state index < -0.39 is 0 Å². The molecule has 0 spiro atoms. The number of aromatic nitrogens is 1. The maximum absolute atomic E-state index is 12.4. The Labute approximate surface area is 204 Å². The Morgan fingerprint density at radius 3 is 2.44 bits per heavy atom. The average molecular weight is 472 g/mol. The minimum Gasteiger partial charge on any atom is -0.447 e. The maximum Gasteiger partial charge on any atom is 0.273 e. The Kier molecular flexibility index (Phi) is 9.64. The highest BCUT2D eigenvalue weighted by Gasteiger charge is 2.18. The molecule has 3 rings (SSSR count). The van der Waals surface area contributed by atoms with Gasteiger partial charge in [-0.2, -0.15) is 0 Å². The van der Waals surface area contributed by atoms with Crippen LogP contribution in [0.3, 0.4) is 0 Å². The van der Waals surface area contributed by atoms with Crippen molar-refractivity contribution in [1.82, 2.24) is 25.0 Å². The van der Waals surface area contributed by atoms with Crippen LogP contribution in [-0.2, 0) is 23.2 Å². The Bertz CT molecular complexity index is 883. The Hall–Kier alpha value is -2.26. The van der Waals surface area contributed by atoms with Gasteiger partial charge < -0.3 is 19.4 Å². The molecule has 1 fully saturated rings. The number of nitrogens with zero attached hydrogens (tertiary/aromatic N) is 4. The lowest BCUT2D eigenvalue weighted by Gasteiger charge is -2.29. The van der Waals surface area contributed by atoms with E-state index in [0.717, 1.165) is 52.5 Å². The molecule has 1 saturated heterocycles. The average Bonchev–Trinajstić information content (AvgIpc) is 3.26. The van der Waals surface area contributed by atoms with Crippen molar-refractivity contribution in [2.45, 2.75) is 39.3 Å². The van der Waals surface area contributed by atoms with Crippen molar-refractivity contribution in [2.75, 3.05) is 66.6 Å². The number of rotatable bonds is 11. The molecule has 8 heteroatoms. The molecule has 0 bridgehead atoms. The summed E-state index contributed by atoms with van der Waals surface area (Å²) < 4.78 is 11.2. The smallest absolute Gasteiger partial charge is 0.273 e. The molecule has 34 heavy (non-hydrogen) atoms. The van der Waals surface area contributed by atoms with E-state index in [1.807, 2.05) is 19.0 Å². The summed E-state index contributed by atoms with van der Waals surface area (Å²) >= 11 is 0. The summed E-state index contributed by atoms with van der Waals surface area (Å²) in [5, 5.41) is 2.89. The third-order valence-electron chi connectivity index (χ3n) is 6.05. The first-order chi connectivity index (χ1) is 16.2. The third kappa shape index (κ3) is 8.51. The monoisotopic (exact) mass is 471 g/mol. The van der Waals surface area contributed by atoms with Gasteiger partial charge in [-0.25, -0.2) is 4.98 Å². The second-order valence-electron chi connectivity index (χ2n) is 10.3. The quantitative estimate of drug-likeness (QED) is 0.540. The molecule has 0 unspecified atom stereocenters. The van der Waals surface area contributed by atoms with Crippen LogP contribution >= 0.6 is 0 Å². The number of nitrogens with one attached hydrogen (secondary N) is 1. The molecule has 0 aliphatic carbocycles. The molecular weight excluding hydrogens is 430 g/mol. The van der Waals surface area contributed by atoms with Gasteiger partial charge in [0, 0.05) is 45.8 Å². The number of oxazole rings is 1. The van der Waals surface area contributed by atoms with E-state index >= 15 is 0 Å². The van der Waals surface area contributed by atoms with Crippen molar-refractivity contribution in [1.29, 1.82) is 0 Å². The predicted molar refractivity (Wildman–Crippen MR) is 134 cm³/mol. The molecule has 1 aromatic carbocycles. The number of amides is 1. The molecule has 2 aromatic rings. The van der Waals surface area contributed by atoms with Gasteiger partial charge in [0.1, 0.15) is 6.26 Å². The number of benzene rings is 1. The van der Waals surface area contributed by atoms with Gasteiger partial charge in [0.15, 0.2) is 5.69 Å². The minimum atomic E-state index is -0.200. The standard InChI is InChI=1S/C26H41N5O3/c1-26(2,3)22-8-6-21(7-9-22)18-31(13-12-30-14-16-33-17-15-30)19-24-28-23(20-34-24)25(32)27-10-11-29(4)5/h6-9,20H,10-19H2,1-5H3,(H,27,32). The molecule has 0 saturated carbocycles. The first kappa shape index (κ1) is 26.3. The molecule has 0 atom stereocenters. The first-order valence-corrected chi connectivity index (χ1v) is 12.2. The van der Waals surface area contributed by atoms with E-state index in [2.05, 4.69) is 65.1 Å². The molecular formula is C26H41N5O3. The van der Waals surface area contributed by atoms with E-state index in [1.165, 1.54) is 17.4 Å². The van der Waals surface area contributed by atoms with E-state index in [9.17, 15) is 4.79 Å². The number of ether oxygens (including phenoxy) is 1. The van der Waals surface area contributed by atoms with Crippen LogP contribution in [0.15, 0.2) is 34.9 Å². The Balaban J connectivity index is 1.63. The molecule has 1 aliphatic heterocycles. The zero-order valence-corrected chi connectivity index (χ0v) is 21.5. The number of likely N-dealkylation sites (N-methyl/N-ethyl adjacent to an activating group) is 1. The van der Waals surface area contributed by atoms with Crippen molar-refractivity contribution in [2.24, 2.45) is 0 Å². The van der Waals surface area contributed by atoms with Gasteiger partial charge in [-0.1, -0.05) is 45.0 Å². The molecule has 8 nitrogen and oxygen atoms in total. The van der Waals surface area contributed by atoms with Crippen LogP contribution in [0.5, 0.6) is 0 Å². The van der Waals surface area contributed by atoms with Crippen molar-refractivity contribution in [3.05, 3.63) is 53.2 Å². The van der Waals surface area contributed by atoms with Crippen LogP contribution in [0.2, 0.25) is 0 Å². The lowest BCUT2D eigenvalue weighted by molar-refractivity contribution is 0.0320. The Morgan fingerprint density at radius 2 is 1.79 bits per heavy atom. The van der Waals surface area contributed by atoms with Gasteiger partial charge in [0.25, 0.3) is 5.91 Å². The lowest BCUT2D eigenvalue weighted by atomic mass is 9.87. The first-order valence-electron chi connectivity index (χ1n) is 12.2. The fraction of sp³-hybridized carbons (Fsp3) is 0.615. The molecule has 188 valence electrons. The highest BCUT2D eigenvalue weighted by atomic mass is 16.5. The van der Waals surface area contributed by atoms with Gasteiger partial charge in [-0.15, -0.1) is 0 Å². The fourth-order valence-electron chi connectivity index (χ4n) is 3.85. The van der Waals surface area contributed by atoms with Crippen LogP contribution in [0, 0.1) is 0 Å². The van der Waals surface area contributed by atoms with Gasteiger partial charge in [0.2, 0.25) is 5.89 Å². The van der Waals surface area contributed by atoms with Crippen molar-refractivity contribution >= 4 is 5.91 Å². The number of carbonyl (C=O) groups is 1. The van der Waals surface area contributed by atoms with Gasteiger partial charge in [-0.3, -0.25) is 14.6 Å². The largest absolute Gasteiger partial charge is 0.447 e. The second kappa shape index (κ2) is 12.4. The van der Waals surface area contributed by atoms with E-state index in [4.69, 9.17) is 9.15 Å². The summed E-state index contributed by atoms with van der Waals surface area (Å²) in [6, 6.07) is 8.86. The molecule has 1 amide bonds. The van der Waals surface area contributed by atoms with Crippen molar-refractivity contribution in [3.8, 4) is 0 Å². The second-order valence-corrected chi connectivity index (χ2v) is 10.3. The van der Waals surface area contributed by atoms with Crippen molar-refractivity contribution in [3.63, 3.8) is 0 Å². The van der Waals surface area contributed by atoms with Crippen LogP contribution in [0.25, 0.3) is 0 Å². The number of hydrogen-bond donors (Lipinski definition) is 1. The summed E-state index contributed by atoms with van der Waals surface area (Å²) in [5.41, 5.74) is 3.05. The van der Waals surface area contributed by atoms with Crippen LogP contribution in [0.1, 0.15) is 48.3 Å². The zero-order chi connectivity index (χ0) is 24.6. The van der Waals surface area contributed by atoms with Gasteiger partial charge in [0.05, 0.1) is 19.8 Å². The topological polar surface area (TPSA) is 74.1 Å². The summed E-state index contributed by atoms with van der Waals surface area (Å²) in [7, 11) is 3.95. The zero-order valence-electron chi connectivity index (χ0n) is 21.5. The molecule has 1 aliphatic rings. The normalized spacial score (nSPS) is 15.3. The van der Waals surface area contributed by atoms with Crippen LogP contribution < -0.4 is 5.32 Å². The third-order valence-corrected chi connectivity index (χ3v) is 6.05. The Morgan fingerprint density at radius 1 is 1.09 bits per heavy atom. The summed E-state index contributed by atoms with van der Waals surface area (Å²) in [5.74, 6) is 0.362. The van der Waals surface area contributed by atoms with Gasteiger partial charge >= 0.3 is 0 Å². The summed E-state index contributed by atoms with van der Waals surface area (Å²) in [6.07, 6.45) is 1.46. The van der Waals surface area contributed by atoms with Crippen LogP contribution in [-0.4, -0.2) is 92.2 Å². The number of carbonyl (C=O) groups excluding carboxylic acids is 1. The highest BCUT2D eigenvalue weighted by Crippen LogP contribution is 2.22. The SMILES string of the molecule is CN(C)CCNC(=O)c1coc(CN(CCN2CCOCC2)Cc2ccc(C(C)(C)C)cc2)n1. The minimum absolute atomic E-state index is 0.135. The van der Waals surface area contributed by atoms with E-state index in [1.54, 1.807) is 0 Å². The lowest BCUT2D eigenvalue weighted by Crippen LogP contribution is -2.41. The van der Waals surface area contributed by atoms with Gasteiger partial charge in [-0.05, 0) is 30.6 Å². The molecule has 2 heterocycles. The summed E-state index contributed by atoms with van der Waals surface area (Å²) in [4.78, 5) is 23.6. The maximum atomic E-state index is 12.4. The number of hydrogen-bond acceptors (Lipinski definition) is 7. The number of morpholine rings is 1. The van der Waals surface area contributed by atoms with Crippen molar-refractivity contribution < 1.29 is 13.9 Å². The molecule has 1 N–H and O–H groups in total. The molecule has 0 radical (unpaired) electrons. The van der Waals surface area contributed by atoms with Crippen LogP contribution in [0.4, 0.5) is 0 Å². The molecule has 1 aromatic heterocycles.